The number of rotatable bonds is 5. The molecule has 3 heterocycles. The zero-order valence-electron chi connectivity index (χ0n) is 16.6. The quantitative estimate of drug-likeness (QED) is 0.474. The van der Waals surface area contributed by atoms with Gasteiger partial charge in [-0.15, -0.1) is 11.3 Å². The van der Waals surface area contributed by atoms with Crippen LogP contribution < -0.4 is 0 Å². The van der Waals surface area contributed by atoms with Gasteiger partial charge in [0.25, 0.3) is 0 Å². The van der Waals surface area contributed by atoms with Crippen molar-refractivity contribution >= 4 is 44.3 Å². The van der Waals surface area contributed by atoms with Gasteiger partial charge in [0.2, 0.25) is 0 Å². The summed E-state index contributed by atoms with van der Waals surface area (Å²) in [6.07, 6.45) is 4.29. The number of aryl methyl sites for hydroxylation is 3. The third-order valence-electron chi connectivity index (χ3n) is 5.73. The number of aliphatic hydroxyl groups is 1. The van der Waals surface area contributed by atoms with Gasteiger partial charge < -0.3 is 9.84 Å². The molecule has 5 rings (SSSR count). The summed E-state index contributed by atoms with van der Waals surface area (Å²) in [6.45, 7) is 4.46. The summed E-state index contributed by atoms with van der Waals surface area (Å²) < 4.78 is 14.8. The van der Waals surface area contributed by atoms with E-state index >= 15 is 0 Å². The van der Waals surface area contributed by atoms with Crippen LogP contribution in [0.4, 0.5) is 0 Å². The molecule has 1 N–H and O–H groups in total. The first-order valence-corrected chi connectivity index (χ1v) is 11.7. The van der Waals surface area contributed by atoms with Gasteiger partial charge in [0, 0.05) is 28.1 Å². The van der Waals surface area contributed by atoms with Crippen molar-refractivity contribution in [3.8, 4) is 11.1 Å². The molecule has 0 saturated heterocycles. The fourth-order valence-corrected chi connectivity index (χ4v) is 6.31. The van der Waals surface area contributed by atoms with Crippen LogP contribution in [0.3, 0.4) is 0 Å². The van der Waals surface area contributed by atoms with Crippen molar-refractivity contribution in [1.82, 2.24) is 13.7 Å². The molecule has 0 bridgehead atoms. The molecular formula is C22H23N3O2S2. The van der Waals surface area contributed by atoms with Crippen LogP contribution in [0.2, 0.25) is 0 Å². The van der Waals surface area contributed by atoms with Gasteiger partial charge in [0.05, 0.1) is 18.3 Å². The molecule has 0 amide bonds. The first-order valence-electron chi connectivity index (χ1n) is 10.1. The average molecular weight is 426 g/mol. The topological polar surface area (TPSA) is 68.1 Å². The molecule has 150 valence electrons. The second-order valence-electron chi connectivity index (χ2n) is 7.47. The van der Waals surface area contributed by atoms with Gasteiger partial charge in [0.15, 0.2) is 0 Å². The molecule has 1 aromatic carbocycles. The van der Waals surface area contributed by atoms with Crippen LogP contribution in [0, 0.1) is 6.92 Å². The summed E-state index contributed by atoms with van der Waals surface area (Å²) in [5.74, 6) is 0. The van der Waals surface area contributed by atoms with Crippen LogP contribution >= 0.6 is 23.1 Å². The Morgan fingerprint density at radius 3 is 2.83 bits per heavy atom. The van der Waals surface area contributed by atoms with Crippen molar-refractivity contribution in [2.75, 3.05) is 13.2 Å². The van der Waals surface area contributed by atoms with Crippen molar-refractivity contribution in [2.24, 2.45) is 0 Å². The number of fused-ring (bicyclic) bond motifs is 4. The van der Waals surface area contributed by atoms with Crippen LogP contribution in [0.15, 0.2) is 18.2 Å². The minimum atomic E-state index is -0.393. The third kappa shape index (κ3) is 3.17. The Hall–Kier alpha value is -1.93. The normalized spacial score (nSPS) is 15.1. The molecule has 0 saturated carbocycles. The van der Waals surface area contributed by atoms with Gasteiger partial charge in [-0.25, -0.2) is 4.98 Å². The van der Waals surface area contributed by atoms with Crippen molar-refractivity contribution in [2.45, 2.75) is 45.6 Å². The maximum atomic E-state index is 10.1. The monoisotopic (exact) mass is 425 g/mol. The van der Waals surface area contributed by atoms with Crippen LogP contribution in [-0.4, -0.2) is 32.1 Å². The molecule has 1 unspecified atom stereocenters. The van der Waals surface area contributed by atoms with E-state index in [0.29, 0.717) is 6.61 Å². The van der Waals surface area contributed by atoms with E-state index in [1.807, 2.05) is 31.3 Å². The summed E-state index contributed by atoms with van der Waals surface area (Å²) in [5.41, 5.74) is 7.42. The predicted octanol–water partition coefficient (Wildman–Crippen LogP) is 5.23. The molecule has 5 nitrogen and oxygen atoms in total. The molecule has 7 heteroatoms. The first kappa shape index (κ1) is 19.1. The minimum absolute atomic E-state index is 0.0678. The molecular weight excluding hydrogens is 402 g/mol. The lowest BCUT2D eigenvalue weighted by atomic mass is 9.88. The number of aromatic nitrogens is 3. The van der Waals surface area contributed by atoms with Crippen LogP contribution in [-0.2, 0) is 17.6 Å². The number of aliphatic hydroxyl groups excluding tert-OH is 1. The van der Waals surface area contributed by atoms with Gasteiger partial charge in [-0.1, -0.05) is 6.07 Å². The predicted molar refractivity (Wildman–Crippen MR) is 119 cm³/mol. The summed E-state index contributed by atoms with van der Waals surface area (Å²) in [5, 5.41) is 11.4. The van der Waals surface area contributed by atoms with E-state index in [2.05, 4.69) is 20.9 Å². The number of thiophene rings is 1. The van der Waals surface area contributed by atoms with Crippen molar-refractivity contribution in [3.05, 3.63) is 39.9 Å². The minimum Gasteiger partial charge on any atom is -0.393 e. The Balaban J connectivity index is 1.87. The van der Waals surface area contributed by atoms with E-state index in [1.54, 1.807) is 0 Å². The number of pyridine rings is 1. The van der Waals surface area contributed by atoms with Gasteiger partial charge in [-0.3, -0.25) is 0 Å². The van der Waals surface area contributed by atoms with E-state index in [4.69, 9.17) is 9.72 Å². The molecule has 4 aromatic rings. The Kier molecular flexibility index (Phi) is 5.07. The largest absolute Gasteiger partial charge is 0.393 e. The van der Waals surface area contributed by atoms with E-state index in [1.165, 1.54) is 40.4 Å². The summed E-state index contributed by atoms with van der Waals surface area (Å²) >= 11 is 3.07. The number of nitrogens with zero attached hydrogens (tertiary/aromatic N) is 3. The van der Waals surface area contributed by atoms with Gasteiger partial charge in [0.1, 0.15) is 22.0 Å². The van der Waals surface area contributed by atoms with Gasteiger partial charge in [-0.05, 0) is 68.4 Å². The highest BCUT2D eigenvalue weighted by molar-refractivity contribution is 7.19. The lowest BCUT2D eigenvalue weighted by Crippen LogP contribution is -2.13. The summed E-state index contributed by atoms with van der Waals surface area (Å²) in [7, 11) is 0. The van der Waals surface area contributed by atoms with Gasteiger partial charge in [-0.2, -0.15) is 8.75 Å². The van der Waals surface area contributed by atoms with E-state index in [9.17, 15) is 5.11 Å². The summed E-state index contributed by atoms with van der Waals surface area (Å²) in [4.78, 5) is 7.53. The molecule has 0 spiro atoms. The Labute approximate surface area is 177 Å². The molecule has 0 fully saturated rings. The van der Waals surface area contributed by atoms with Crippen molar-refractivity contribution in [1.29, 1.82) is 0 Å². The number of hydrogen-bond acceptors (Lipinski definition) is 7. The SMILES string of the molecule is CCOC(CO)c1c(C)nc2sc3c(c2c1-c1ccc2nsnc2c1)CCCC3. The average Bonchev–Trinajstić information content (AvgIpc) is 3.34. The highest BCUT2D eigenvalue weighted by Crippen LogP contribution is 2.45. The number of hydrogen-bond donors (Lipinski definition) is 1. The standard InChI is InChI=1S/C22H23N3O2S2/c1-3-27-17(11-26)19-12(2)23-22-21(14-6-4-5-7-18(14)28-22)20(19)13-8-9-15-16(10-13)25-29-24-15/h8-10,17,26H,3-7,11H2,1-2H3. The smallest absolute Gasteiger partial charge is 0.124 e. The van der Waals surface area contributed by atoms with Crippen LogP contribution in [0.1, 0.15) is 47.6 Å². The lowest BCUT2D eigenvalue weighted by molar-refractivity contribution is 0.0188. The lowest BCUT2D eigenvalue weighted by Gasteiger charge is -2.22. The first-order chi connectivity index (χ1) is 14.2. The van der Waals surface area contributed by atoms with E-state index in [-0.39, 0.29) is 6.61 Å². The van der Waals surface area contributed by atoms with Gasteiger partial charge >= 0.3 is 0 Å². The molecule has 29 heavy (non-hydrogen) atoms. The Morgan fingerprint density at radius 1 is 1.17 bits per heavy atom. The second-order valence-corrected chi connectivity index (χ2v) is 9.08. The van der Waals surface area contributed by atoms with Crippen LogP contribution in [0.5, 0.6) is 0 Å². The van der Waals surface area contributed by atoms with E-state index in [0.717, 1.165) is 51.1 Å². The third-order valence-corrected chi connectivity index (χ3v) is 7.47. The Bertz CT molecular complexity index is 1200. The highest BCUT2D eigenvalue weighted by Gasteiger charge is 2.27. The molecule has 0 radical (unpaired) electrons. The molecule has 1 atom stereocenters. The zero-order chi connectivity index (χ0) is 20.0. The molecule has 1 aliphatic rings. The fraction of sp³-hybridized carbons (Fsp3) is 0.409. The summed E-state index contributed by atoms with van der Waals surface area (Å²) in [6, 6.07) is 6.27. The molecule has 1 aliphatic carbocycles. The second kappa shape index (κ2) is 7.72. The molecule has 0 aliphatic heterocycles. The number of ether oxygens (including phenoxy) is 1. The fourth-order valence-electron chi connectivity index (χ4n) is 4.48. The highest BCUT2D eigenvalue weighted by atomic mass is 32.1. The zero-order valence-corrected chi connectivity index (χ0v) is 18.2. The maximum Gasteiger partial charge on any atom is 0.124 e. The van der Waals surface area contributed by atoms with Crippen LogP contribution in [0.25, 0.3) is 32.4 Å². The van der Waals surface area contributed by atoms with E-state index < -0.39 is 6.10 Å². The number of benzene rings is 1. The van der Waals surface area contributed by atoms with Crippen molar-refractivity contribution < 1.29 is 9.84 Å². The molecule has 3 aromatic heterocycles. The van der Waals surface area contributed by atoms with Crippen molar-refractivity contribution in [3.63, 3.8) is 0 Å². The Morgan fingerprint density at radius 2 is 2.00 bits per heavy atom. The maximum absolute atomic E-state index is 10.1.